The maximum Gasteiger partial charge on any atom is 0.158 e. The number of benzene rings is 1. The van der Waals surface area contributed by atoms with Gasteiger partial charge in [0.05, 0.1) is 18.2 Å². The van der Waals surface area contributed by atoms with Gasteiger partial charge >= 0.3 is 0 Å². The molecule has 3 rings (SSSR count). The lowest BCUT2D eigenvalue weighted by Crippen LogP contribution is -2.10. The molecule has 0 fully saturated rings. The van der Waals surface area contributed by atoms with E-state index >= 15 is 0 Å². The highest BCUT2D eigenvalue weighted by molar-refractivity contribution is 7.18. The first-order chi connectivity index (χ1) is 12.6. The number of fused-ring (bicyclic) bond motifs is 1. The average Bonchev–Trinajstić information content (AvgIpc) is 3.07. The smallest absolute Gasteiger partial charge is 0.158 e. The zero-order valence-electron chi connectivity index (χ0n) is 15.2. The summed E-state index contributed by atoms with van der Waals surface area (Å²) in [4.78, 5) is 12.7. The van der Waals surface area contributed by atoms with Crippen LogP contribution in [0, 0.1) is 0 Å². The predicted molar refractivity (Wildman–Crippen MR) is 108 cm³/mol. The largest absolute Gasteiger partial charge is 0.396 e. The Balaban J connectivity index is 1.72. The summed E-state index contributed by atoms with van der Waals surface area (Å²) in [5.41, 5.74) is 5.29. The summed E-state index contributed by atoms with van der Waals surface area (Å²) in [6.45, 7) is 3.02. The van der Waals surface area contributed by atoms with E-state index in [4.69, 9.17) is 0 Å². The normalized spacial score (nSPS) is 13.0. The summed E-state index contributed by atoms with van der Waals surface area (Å²) in [6.07, 6.45) is 3.30. The van der Waals surface area contributed by atoms with E-state index in [1.54, 1.807) is 17.6 Å². The summed E-state index contributed by atoms with van der Waals surface area (Å²) >= 11 is 1.57. The molecule has 136 valence electrons. The molecule has 0 radical (unpaired) electrons. The molecule has 0 amide bonds. The van der Waals surface area contributed by atoms with Gasteiger partial charge in [0.1, 0.15) is 11.2 Å². The summed E-state index contributed by atoms with van der Waals surface area (Å²) in [5.74, 6) is 0.759. The molecule has 0 saturated heterocycles. The Morgan fingerprint density at radius 2 is 2.04 bits per heavy atom. The van der Waals surface area contributed by atoms with Crippen molar-refractivity contribution in [2.75, 3.05) is 26.1 Å². The molecule has 0 saturated carbocycles. The van der Waals surface area contributed by atoms with Crippen molar-refractivity contribution in [2.45, 2.75) is 19.4 Å². The van der Waals surface area contributed by atoms with Gasteiger partial charge in [-0.3, -0.25) is 5.43 Å². The summed E-state index contributed by atoms with van der Waals surface area (Å²) in [7, 11) is 4.11. The third-order valence-electron chi connectivity index (χ3n) is 3.97. The molecular weight excluding hydrogens is 346 g/mol. The average molecular weight is 369 g/mol. The number of aliphatic hydroxyl groups is 1. The fraction of sp³-hybridized carbons (Fsp3) is 0.316. The van der Waals surface area contributed by atoms with Crippen LogP contribution < -0.4 is 5.43 Å². The first-order valence-electron chi connectivity index (χ1n) is 8.45. The van der Waals surface area contributed by atoms with Crippen molar-refractivity contribution in [3.8, 4) is 0 Å². The third kappa shape index (κ3) is 4.43. The van der Waals surface area contributed by atoms with Gasteiger partial charge in [0.15, 0.2) is 5.82 Å². The molecule has 3 aromatic rings. The molecule has 7 heteroatoms. The van der Waals surface area contributed by atoms with Crippen molar-refractivity contribution in [3.05, 3.63) is 52.7 Å². The van der Waals surface area contributed by atoms with E-state index in [0.717, 1.165) is 27.2 Å². The molecule has 1 aromatic carbocycles. The lowest BCUT2D eigenvalue weighted by atomic mass is 10.1. The molecule has 26 heavy (non-hydrogen) atoms. The van der Waals surface area contributed by atoms with Crippen molar-refractivity contribution in [1.82, 2.24) is 14.9 Å². The predicted octanol–water partition coefficient (Wildman–Crippen LogP) is 3.29. The number of aliphatic hydroxyl groups excluding tert-OH is 1. The molecule has 0 aliphatic rings. The first-order valence-corrected chi connectivity index (χ1v) is 9.26. The van der Waals surface area contributed by atoms with E-state index in [2.05, 4.69) is 51.6 Å². The van der Waals surface area contributed by atoms with Gasteiger partial charge in [-0.1, -0.05) is 31.2 Å². The molecule has 0 aliphatic carbocycles. The van der Waals surface area contributed by atoms with Gasteiger partial charge in [0, 0.05) is 17.3 Å². The van der Waals surface area contributed by atoms with Gasteiger partial charge in [0.2, 0.25) is 0 Å². The highest BCUT2D eigenvalue weighted by Crippen LogP contribution is 2.32. The van der Waals surface area contributed by atoms with Crippen molar-refractivity contribution in [3.63, 3.8) is 0 Å². The van der Waals surface area contributed by atoms with Crippen LogP contribution in [0.4, 0.5) is 5.82 Å². The Hall–Kier alpha value is -2.35. The van der Waals surface area contributed by atoms with Crippen LogP contribution in [0.5, 0.6) is 0 Å². The van der Waals surface area contributed by atoms with E-state index in [1.807, 2.05) is 25.1 Å². The van der Waals surface area contributed by atoms with Crippen molar-refractivity contribution in [2.24, 2.45) is 5.10 Å². The maximum atomic E-state index is 9.35. The van der Waals surface area contributed by atoms with Crippen molar-refractivity contribution in [1.29, 1.82) is 0 Å². The van der Waals surface area contributed by atoms with Crippen LogP contribution in [0.3, 0.4) is 0 Å². The standard InChI is InChI=1S/C19H23N5OS/c1-13(11-25)17-8-16-18(20-12-21-19(16)26-17)23-22-9-14-4-6-15(7-5-14)10-24(2)3/h4-9,12-13,25H,10-11H2,1-3H3,(H,20,21,23)/t13-/m0/s1. The zero-order chi connectivity index (χ0) is 18.5. The van der Waals surface area contributed by atoms with Gasteiger partial charge < -0.3 is 10.0 Å². The fourth-order valence-electron chi connectivity index (χ4n) is 2.54. The quantitative estimate of drug-likeness (QED) is 0.494. The minimum absolute atomic E-state index is 0.0891. The van der Waals surface area contributed by atoms with Gasteiger partial charge in [-0.05, 0) is 31.3 Å². The second-order valence-corrected chi connectivity index (χ2v) is 7.59. The Morgan fingerprint density at radius 1 is 1.27 bits per heavy atom. The SMILES string of the molecule is C[C@@H](CO)c1cc2c(NN=Cc3ccc(CN(C)C)cc3)ncnc2s1. The number of hydrazone groups is 1. The summed E-state index contributed by atoms with van der Waals surface area (Å²) < 4.78 is 0. The molecule has 2 N–H and O–H groups in total. The second kappa shape index (κ2) is 8.35. The number of aromatic nitrogens is 2. The van der Waals surface area contributed by atoms with E-state index in [-0.39, 0.29) is 12.5 Å². The van der Waals surface area contributed by atoms with Gasteiger partial charge in [-0.2, -0.15) is 5.10 Å². The monoisotopic (exact) mass is 369 g/mol. The second-order valence-electron chi connectivity index (χ2n) is 6.52. The molecule has 6 nitrogen and oxygen atoms in total. The molecule has 0 bridgehead atoms. The summed E-state index contributed by atoms with van der Waals surface area (Å²) in [5, 5.41) is 14.6. The van der Waals surface area contributed by atoms with Gasteiger partial charge in [0.25, 0.3) is 0 Å². The molecular formula is C19H23N5OS. The first kappa shape index (κ1) is 18.4. The van der Waals surface area contributed by atoms with E-state index in [9.17, 15) is 5.11 Å². The highest BCUT2D eigenvalue weighted by Gasteiger charge is 2.12. The number of rotatable bonds is 7. The number of hydrogen-bond donors (Lipinski definition) is 2. The summed E-state index contributed by atoms with van der Waals surface area (Å²) in [6, 6.07) is 10.3. The Labute approximate surface area is 157 Å². The van der Waals surface area contributed by atoms with E-state index in [0.29, 0.717) is 5.82 Å². The lowest BCUT2D eigenvalue weighted by molar-refractivity contribution is 0.274. The van der Waals surface area contributed by atoms with Crippen LogP contribution in [-0.4, -0.2) is 46.9 Å². The Kier molecular flexibility index (Phi) is 5.92. The molecule has 0 spiro atoms. The third-order valence-corrected chi connectivity index (χ3v) is 5.25. The molecule has 1 atom stereocenters. The Bertz CT molecular complexity index is 889. The van der Waals surface area contributed by atoms with Crippen LogP contribution in [0.25, 0.3) is 10.2 Å². The van der Waals surface area contributed by atoms with Gasteiger partial charge in [-0.25, -0.2) is 9.97 Å². The van der Waals surface area contributed by atoms with E-state index in [1.165, 1.54) is 11.9 Å². The minimum atomic E-state index is 0.0891. The van der Waals surface area contributed by atoms with Gasteiger partial charge in [-0.15, -0.1) is 11.3 Å². The number of thiophene rings is 1. The van der Waals surface area contributed by atoms with Crippen LogP contribution in [0.1, 0.15) is 28.8 Å². The minimum Gasteiger partial charge on any atom is -0.396 e. The molecule has 2 aromatic heterocycles. The highest BCUT2D eigenvalue weighted by atomic mass is 32.1. The Morgan fingerprint density at radius 3 is 2.73 bits per heavy atom. The number of nitrogens with one attached hydrogen (secondary N) is 1. The van der Waals surface area contributed by atoms with Crippen LogP contribution >= 0.6 is 11.3 Å². The maximum absolute atomic E-state index is 9.35. The number of anilines is 1. The zero-order valence-corrected chi connectivity index (χ0v) is 16.0. The number of nitrogens with zero attached hydrogens (tertiary/aromatic N) is 4. The topological polar surface area (TPSA) is 73.6 Å². The lowest BCUT2D eigenvalue weighted by Gasteiger charge is -2.09. The number of hydrogen-bond acceptors (Lipinski definition) is 7. The molecule has 0 aliphatic heterocycles. The van der Waals surface area contributed by atoms with E-state index < -0.39 is 0 Å². The van der Waals surface area contributed by atoms with Crippen LogP contribution in [0.2, 0.25) is 0 Å². The van der Waals surface area contributed by atoms with Crippen molar-refractivity contribution < 1.29 is 5.11 Å². The van der Waals surface area contributed by atoms with Crippen LogP contribution in [0.15, 0.2) is 41.8 Å². The van der Waals surface area contributed by atoms with Crippen molar-refractivity contribution >= 4 is 33.6 Å². The molecule has 0 unspecified atom stereocenters. The molecule has 2 heterocycles. The van der Waals surface area contributed by atoms with Crippen LogP contribution in [-0.2, 0) is 6.54 Å². The fourth-order valence-corrected chi connectivity index (χ4v) is 3.58.